The first-order valence-corrected chi connectivity index (χ1v) is 8.12. The van der Waals surface area contributed by atoms with Gasteiger partial charge in [0, 0.05) is 0 Å². The summed E-state index contributed by atoms with van der Waals surface area (Å²) in [6.45, 7) is 0. The fourth-order valence-electron chi connectivity index (χ4n) is 1.80. The van der Waals surface area contributed by atoms with Crippen LogP contribution in [0.3, 0.4) is 0 Å². The van der Waals surface area contributed by atoms with Crippen LogP contribution in [0.15, 0.2) is 48.5 Å². The molecule has 0 radical (unpaired) electrons. The van der Waals surface area contributed by atoms with Gasteiger partial charge in [-0.2, -0.15) is 0 Å². The van der Waals surface area contributed by atoms with E-state index in [1.165, 1.54) is 17.2 Å². The molecule has 21 heavy (non-hydrogen) atoms. The number of hydrogen-bond acceptors (Lipinski definition) is 3. The van der Waals surface area contributed by atoms with E-state index in [4.69, 9.17) is 5.11 Å². The molecule has 0 aromatic heterocycles. The molecule has 0 fully saturated rings. The van der Waals surface area contributed by atoms with Crippen molar-refractivity contribution in [1.29, 1.82) is 0 Å². The number of fused-ring (bicyclic) bond motifs is 1. The van der Waals surface area contributed by atoms with E-state index < -0.39 is 16.0 Å². The highest BCUT2D eigenvalue weighted by Gasteiger charge is 2.09. The van der Waals surface area contributed by atoms with Gasteiger partial charge < -0.3 is 5.11 Å². The molecule has 1 aromatic rings. The summed E-state index contributed by atoms with van der Waals surface area (Å²) in [6.07, 6.45) is 0.809. The van der Waals surface area contributed by atoms with E-state index >= 15 is 0 Å². The quantitative estimate of drug-likeness (QED) is 0.775. The smallest absolute Gasteiger partial charge is 0.307 e. The summed E-state index contributed by atoms with van der Waals surface area (Å²) >= 11 is 0. The van der Waals surface area contributed by atoms with Crippen LogP contribution in [-0.2, 0) is 21.2 Å². The number of aliphatic carboxylic acids is 1. The highest BCUT2D eigenvalue weighted by atomic mass is 32.2. The van der Waals surface area contributed by atoms with Crippen molar-refractivity contribution in [2.24, 2.45) is 0 Å². The molecule has 6 heteroatoms. The zero-order chi connectivity index (χ0) is 15.5. The second-order valence-corrected chi connectivity index (χ2v) is 6.43. The van der Waals surface area contributed by atoms with Crippen LogP contribution in [0.5, 0.6) is 0 Å². The van der Waals surface area contributed by atoms with Crippen molar-refractivity contribution in [2.45, 2.75) is 6.42 Å². The Labute approximate surface area is 123 Å². The van der Waals surface area contributed by atoms with Crippen LogP contribution < -0.4 is 4.72 Å². The predicted octanol–water partition coefficient (Wildman–Crippen LogP) is 2.35. The van der Waals surface area contributed by atoms with Gasteiger partial charge in [0.05, 0.1) is 18.4 Å². The lowest BCUT2D eigenvalue weighted by Gasteiger charge is -2.10. The van der Waals surface area contributed by atoms with Crippen molar-refractivity contribution in [3.63, 3.8) is 0 Å². The lowest BCUT2D eigenvalue weighted by Crippen LogP contribution is -2.12. The third kappa shape index (κ3) is 4.32. The maximum Gasteiger partial charge on any atom is 0.307 e. The Balaban J connectivity index is 0.000000218. The standard InChI is InChI=1S/C9H11NO4S.C6H4/c1-15(13,14)10-8-5-3-2-4-7(8)6-9(11)12;1-2-6-4-3-5(1)6/h2-5,10H,6H2,1H3,(H,11,12);1-4H. The number of anilines is 1. The van der Waals surface area contributed by atoms with E-state index in [0.717, 1.165) is 6.26 Å². The van der Waals surface area contributed by atoms with Gasteiger partial charge in [0.2, 0.25) is 10.0 Å². The number of carboxylic acid groups (broad SMARTS) is 1. The van der Waals surface area contributed by atoms with E-state index in [0.29, 0.717) is 11.3 Å². The first kappa shape index (κ1) is 15.1. The van der Waals surface area contributed by atoms with E-state index in [1.54, 1.807) is 18.2 Å². The number of hydrogen-bond donors (Lipinski definition) is 2. The Morgan fingerprint density at radius 2 is 1.57 bits per heavy atom. The third-order valence-corrected chi connectivity index (χ3v) is 3.46. The second kappa shape index (κ2) is 5.97. The van der Waals surface area contributed by atoms with Crippen molar-refractivity contribution >= 4 is 21.7 Å². The largest absolute Gasteiger partial charge is 0.481 e. The molecule has 0 amide bonds. The van der Waals surface area contributed by atoms with Gasteiger partial charge in [0.25, 0.3) is 0 Å². The number of rotatable bonds is 4. The minimum Gasteiger partial charge on any atom is -0.481 e. The molecule has 3 rings (SSSR count). The van der Waals surface area contributed by atoms with E-state index in [-0.39, 0.29) is 6.42 Å². The average molecular weight is 305 g/mol. The third-order valence-electron chi connectivity index (χ3n) is 2.87. The molecule has 2 N–H and O–H groups in total. The van der Waals surface area contributed by atoms with Crippen LogP contribution in [0.4, 0.5) is 5.69 Å². The van der Waals surface area contributed by atoms with Gasteiger partial charge in [0.15, 0.2) is 0 Å². The first-order chi connectivity index (χ1) is 9.85. The van der Waals surface area contributed by atoms with Crippen molar-refractivity contribution < 1.29 is 18.3 Å². The topological polar surface area (TPSA) is 83.5 Å². The van der Waals surface area contributed by atoms with Gasteiger partial charge in [-0.05, 0) is 22.8 Å². The van der Waals surface area contributed by atoms with E-state index in [9.17, 15) is 13.2 Å². The summed E-state index contributed by atoms with van der Waals surface area (Å²) in [5.41, 5.74) is 3.60. The number of benzene rings is 2. The highest BCUT2D eigenvalue weighted by Crippen LogP contribution is 2.29. The Bertz CT molecular complexity index is 730. The lowest BCUT2D eigenvalue weighted by atomic mass is 9.95. The molecule has 0 saturated carbocycles. The molecule has 2 aliphatic rings. The summed E-state index contributed by atoms with van der Waals surface area (Å²) in [4.78, 5) is 10.5. The number of para-hydroxylation sites is 1. The maximum atomic E-state index is 11.0. The van der Waals surface area contributed by atoms with Gasteiger partial charge in [-0.1, -0.05) is 42.5 Å². The Hall–Kier alpha value is -2.34. The molecule has 2 aliphatic carbocycles. The van der Waals surface area contributed by atoms with Crippen LogP contribution in [0.1, 0.15) is 5.56 Å². The van der Waals surface area contributed by atoms with Gasteiger partial charge >= 0.3 is 5.97 Å². The monoisotopic (exact) mass is 305 g/mol. The zero-order valence-corrected chi connectivity index (χ0v) is 12.2. The van der Waals surface area contributed by atoms with Gasteiger partial charge in [-0.3, -0.25) is 9.52 Å². The Morgan fingerprint density at radius 1 is 1.05 bits per heavy atom. The molecule has 0 bridgehead atoms. The molecule has 0 saturated heterocycles. The average Bonchev–Trinajstić information content (AvgIpc) is 2.35. The number of carboxylic acids is 1. The fourth-order valence-corrected chi connectivity index (χ4v) is 2.40. The minimum absolute atomic E-state index is 0.210. The van der Waals surface area contributed by atoms with Crippen LogP contribution in [0, 0.1) is 0 Å². The molecular weight excluding hydrogens is 290 g/mol. The summed E-state index contributed by atoms with van der Waals surface area (Å²) in [7, 11) is -3.38. The molecule has 0 heterocycles. The van der Waals surface area contributed by atoms with Crippen molar-refractivity contribution in [1.82, 2.24) is 0 Å². The van der Waals surface area contributed by atoms with E-state index in [2.05, 4.69) is 29.0 Å². The van der Waals surface area contributed by atoms with E-state index in [1.807, 2.05) is 0 Å². The number of carbonyl (C=O) groups is 1. The zero-order valence-electron chi connectivity index (χ0n) is 11.4. The van der Waals surface area contributed by atoms with Crippen LogP contribution >= 0.6 is 0 Å². The summed E-state index contributed by atoms with van der Waals surface area (Å²) in [6, 6.07) is 14.9. The maximum absolute atomic E-state index is 11.0. The molecule has 0 unspecified atom stereocenters. The molecule has 5 nitrogen and oxygen atoms in total. The molecule has 1 aromatic carbocycles. The van der Waals surface area contributed by atoms with Crippen LogP contribution in [0.2, 0.25) is 0 Å². The predicted molar refractivity (Wildman–Crippen MR) is 81.7 cm³/mol. The Kier molecular flexibility index (Phi) is 4.28. The van der Waals surface area contributed by atoms with Crippen molar-refractivity contribution in [3.8, 4) is 11.1 Å². The van der Waals surface area contributed by atoms with Gasteiger partial charge in [-0.25, -0.2) is 8.42 Å². The van der Waals surface area contributed by atoms with Crippen molar-refractivity contribution in [2.75, 3.05) is 11.0 Å². The summed E-state index contributed by atoms with van der Waals surface area (Å²) < 4.78 is 24.2. The number of sulfonamides is 1. The SMILES string of the molecule is CS(=O)(=O)Nc1ccccc1CC(=O)O.c1cc2ccc1-2. The number of nitrogens with one attached hydrogen (secondary N) is 1. The molecule has 0 aliphatic heterocycles. The normalized spacial score (nSPS) is 11.1. The molecular formula is C15H15NO4S. The van der Waals surface area contributed by atoms with Gasteiger partial charge in [0.1, 0.15) is 0 Å². The molecule has 0 atom stereocenters. The first-order valence-electron chi connectivity index (χ1n) is 6.23. The highest BCUT2D eigenvalue weighted by molar-refractivity contribution is 7.92. The van der Waals surface area contributed by atoms with Crippen molar-refractivity contribution in [3.05, 3.63) is 54.1 Å². The van der Waals surface area contributed by atoms with Crippen LogP contribution in [0.25, 0.3) is 11.1 Å². The molecule has 0 spiro atoms. The fraction of sp³-hybridized carbons (Fsp3) is 0.133. The Morgan fingerprint density at radius 3 is 1.95 bits per heavy atom. The molecule has 110 valence electrons. The lowest BCUT2D eigenvalue weighted by molar-refractivity contribution is -0.136. The van der Waals surface area contributed by atoms with Crippen LogP contribution in [-0.4, -0.2) is 25.7 Å². The van der Waals surface area contributed by atoms with Gasteiger partial charge in [-0.15, -0.1) is 0 Å². The summed E-state index contributed by atoms with van der Waals surface area (Å²) in [5.74, 6) is -1.00. The minimum atomic E-state index is -3.38. The second-order valence-electron chi connectivity index (χ2n) is 4.68. The summed E-state index contributed by atoms with van der Waals surface area (Å²) in [5, 5.41) is 8.61.